The van der Waals surface area contributed by atoms with Gasteiger partial charge in [0, 0.05) is 42.3 Å². The fourth-order valence-electron chi connectivity index (χ4n) is 2.30. The van der Waals surface area contributed by atoms with E-state index < -0.39 is 17.7 Å². The zero-order valence-electron chi connectivity index (χ0n) is 14.0. The third kappa shape index (κ3) is 4.72. The van der Waals surface area contributed by atoms with Crippen molar-refractivity contribution in [2.24, 2.45) is 0 Å². The first-order valence-electron chi connectivity index (χ1n) is 8.01. The summed E-state index contributed by atoms with van der Waals surface area (Å²) in [6, 6.07) is 8.97. The SMILES string of the molecule is O=C(NCCn1nc(-c2cccnc2)ccc1=O)Nc1ccc(F)c(F)c1. The number of rotatable bonds is 5. The number of amides is 2. The van der Waals surface area contributed by atoms with Crippen molar-refractivity contribution in [3.63, 3.8) is 0 Å². The van der Waals surface area contributed by atoms with Gasteiger partial charge in [0.25, 0.3) is 5.56 Å². The summed E-state index contributed by atoms with van der Waals surface area (Å²) in [6.45, 7) is 0.247. The first-order valence-corrected chi connectivity index (χ1v) is 8.01. The highest BCUT2D eigenvalue weighted by molar-refractivity contribution is 5.89. The van der Waals surface area contributed by atoms with Crippen molar-refractivity contribution < 1.29 is 13.6 Å². The van der Waals surface area contributed by atoms with Gasteiger partial charge in [-0.05, 0) is 30.3 Å². The van der Waals surface area contributed by atoms with E-state index in [1.165, 1.54) is 16.8 Å². The molecular weight excluding hydrogens is 356 g/mol. The van der Waals surface area contributed by atoms with Crippen LogP contribution in [0.2, 0.25) is 0 Å². The predicted octanol–water partition coefficient (Wildman–Crippen LogP) is 2.41. The van der Waals surface area contributed by atoms with E-state index in [-0.39, 0.29) is 24.3 Å². The Morgan fingerprint density at radius 1 is 1.11 bits per heavy atom. The van der Waals surface area contributed by atoms with Crippen LogP contribution in [-0.2, 0) is 6.54 Å². The average molecular weight is 371 g/mol. The van der Waals surface area contributed by atoms with Crippen LogP contribution < -0.4 is 16.2 Å². The van der Waals surface area contributed by atoms with E-state index in [1.807, 2.05) is 6.07 Å². The lowest BCUT2D eigenvalue weighted by Gasteiger charge is -2.09. The standard InChI is InChI=1S/C18H15F2N5O2/c19-14-4-3-13(10-15(14)20)23-18(27)22-8-9-25-17(26)6-5-16(24-25)12-2-1-7-21-11-12/h1-7,10-11H,8-9H2,(H2,22,23,27). The summed E-state index contributed by atoms with van der Waals surface area (Å²) in [4.78, 5) is 27.7. The minimum absolute atomic E-state index is 0.110. The predicted molar refractivity (Wildman–Crippen MR) is 95.1 cm³/mol. The fourth-order valence-corrected chi connectivity index (χ4v) is 2.30. The van der Waals surface area contributed by atoms with E-state index in [2.05, 4.69) is 20.7 Å². The van der Waals surface area contributed by atoms with Crippen LogP contribution in [0, 0.1) is 11.6 Å². The van der Waals surface area contributed by atoms with E-state index in [9.17, 15) is 18.4 Å². The summed E-state index contributed by atoms with van der Waals surface area (Å²) in [5.41, 5.74) is 1.13. The van der Waals surface area contributed by atoms with Gasteiger partial charge in [0.15, 0.2) is 11.6 Å². The molecule has 0 aliphatic rings. The van der Waals surface area contributed by atoms with Crippen molar-refractivity contribution in [1.82, 2.24) is 20.1 Å². The number of nitrogens with zero attached hydrogens (tertiary/aromatic N) is 3. The molecule has 2 N–H and O–H groups in total. The number of hydrogen-bond acceptors (Lipinski definition) is 4. The number of nitrogens with one attached hydrogen (secondary N) is 2. The monoisotopic (exact) mass is 371 g/mol. The lowest BCUT2D eigenvalue weighted by molar-refractivity contribution is 0.251. The molecule has 0 bridgehead atoms. The molecule has 2 aromatic heterocycles. The number of anilines is 1. The molecule has 0 unspecified atom stereocenters. The molecule has 7 nitrogen and oxygen atoms in total. The van der Waals surface area contributed by atoms with Crippen LogP contribution in [0.5, 0.6) is 0 Å². The minimum Gasteiger partial charge on any atom is -0.336 e. The quantitative estimate of drug-likeness (QED) is 0.721. The molecule has 1 aromatic carbocycles. The van der Waals surface area contributed by atoms with Gasteiger partial charge in [0.1, 0.15) is 0 Å². The van der Waals surface area contributed by atoms with Gasteiger partial charge in [0.05, 0.1) is 12.2 Å². The molecule has 2 amide bonds. The largest absolute Gasteiger partial charge is 0.336 e. The summed E-state index contributed by atoms with van der Waals surface area (Å²) in [7, 11) is 0. The fraction of sp³-hybridized carbons (Fsp3) is 0.111. The molecule has 2 heterocycles. The highest BCUT2D eigenvalue weighted by Crippen LogP contribution is 2.13. The molecule has 9 heteroatoms. The summed E-state index contributed by atoms with van der Waals surface area (Å²) < 4.78 is 27.2. The number of hydrogen-bond donors (Lipinski definition) is 2. The Balaban J connectivity index is 1.59. The zero-order valence-corrected chi connectivity index (χ0v) is 14.0. The van der Waals surface area contributed by atoms with Gasteiger partial charge in [-0.2, -0.15) is 5.10 Å². The molecule has 0 radical (unpaired) electrons. The maximum Gasteiger partial charge on any atom is 0.319 e. The van der Waals surface area contributed by atoms with E-state index in [0.29, 0.717) is 5.69 Å². The maximum atomic E-state index is 13.1. The molecule has 27 heavy (non-hydrogen) atoms. The molecular formula is C18H15F2N5O2. The molecule has 3 aromatic rings. The third-order valence-corrected chi connectivity index (χ3v) is 3.61. The van der Waals surface area contributed by atoms with E-state index in [1.54, 1.807) is 24.5 Å². The summed E-state index contributed by atoms with van der Waals surface area (Å²) in [5, 5.41) is 9.14. The highest BCUT2D eigenvalue weighted by atomic mass is 19.2. The third-order valence-electron chi connectivity index (χ3n) is 3.61. The van der Waals surface area contributed by atoms with Gasteiger partial charge in [0.2, 0.25) is 0 Å². The number of urea groups is 1. The summed E-state index contributed by atoms with van der Waals surface area (Å²) in [5.74, 6) is -2.06. The first-order chi connectivity index (χ1) is 13.0. The number of pyridine rings is 1. The molecule has 0 saturated heterocycles. The molecule has 3 rings (SSSR count). The second-order valence-electron chi connectivity index (χ2n) is 5.53. The topological polar surface area (TPSA) is 88.9 Å². The van der Waals surface area contributed by atoms with Crippen molar-refractivity contribution in [2.45, 2.75) is 6.54 Å². The van der Waals surface area contributed by atoms with E-state index in [4.69, 9.17) is 0 Å². The lowest BCUT2D eigenvalue weighted by Crippen LogP contribution is -2.34. The summed E-state index contributed by atoms with van der Waals surface area (Å²) >= 11 is 0. The van der Waals surface area contributed by atoms with Crippen LogP contribution in [0.3, 0.4) is 0 Å². The van der Waals surface area contributed by atoms with Gasteiger partial charge in [-0.15, -0.1) is 0 Å². The number of carbonyl (C=O) groups is 1. The Labute approximate surface area is 152 Å². The molecule has 0 spiro atoms. The first kappa shape index (κ1) is 18.2. The average Bonchev–Trinajstić information content (AvgIpc) is 2.67. The Kier molecular flexibility index (Phi) is 5.50. The van der Waals surface area contributed by atoms with Crippen LogP contribution in [0.25, 0.3) is 11.3 Å². The molecule has 0 aliphatic heterocycles. The molecule has 0 fully saturated rings. The molecule has 138 valence electrons. The van der Waals surface area contributed by atoms with Gasteiger partial charge in [-0.25, -0.2) is 18.3 Å². The van der Waals surface area contributed by atoms with Gasteiger partial charge in [-0.3, -0.25) is 9.78 Å². The van der Waals surface area contributed by atoms with Crippen LogP contribution in [0.1, 0.15) is 0 Å². The van der Waals surface area contributed by atoms with Crippen LogP contribution in [0.15, 0.2) is 59.7 Å². The Bertz CT molecular complexity index is 1010. The minimum atomic E-state index is -1.06. The van der Waals surface area contributed by atoms with Crippen molar-refractivity contribution >= 4 is 11.7 Å². The van der Waals surface area contributed by atoms with Crippen LogP contribution in [0.4, 0.5) is 19.3 Å². The molecule has 0 atom stereocenters. The van der Waals surface area contributed by atoms with Crippen molar-refractivity contribution in [2.75, 3.05) is 11.9 Å². The van der Waals surface area contributed by atoms with E-state index >= 15 is 0 Å². The lowest BCUT2D eigenvalue weighted by atomic mass is 10.2. The number of aromatic nitrogens is 3. The van der Waals surface area contributed by atoms with Gasteiger partial charge in [-0.1, -0.05) is 0 Å². The smallest absolute Gasteiger partial charge is 0.319 e. The normalized spacial score (nSPS) is 10.4. The number of carbonyl (C=O) groups excluding carboxylic acids is 1. The number of benzene rings is 1. The van der Waals surface area contributed by atoms with Crippen molar-refractivity contribution in [3.05, 3.63) is 76.8 Å². The van der Waals surface area contributed by atoms with E-state index in [0.717, 1.165) is 17.7 Å². The molecule has 0 saturated carbocycles. The van der Waals surface area contributed by atoms with Crippen molar-refractivity contribution in [3.8, 4) is 11.3 Å². The Morgan fingerprint density at radius 2 is 1.96 bits per heavy atom. The van der Waals surface area contributed by atoms with Crippen LogP contribution >= 0.6 is 0 Å². The Morgan fingerprint density at radius 3 is 2.70 bits per heavy atom. The summed E-state index contributed by atoms with van der Waals surface area (Å²) in [6.07, 6.45) is 3.26. The number of halogens is 2. The van der Waals surface area contributed by atoms with Crippen LogP contribution in [-0.4, -0.2) is 27.3 Å². The second kappa shape index (κ2) is 8.17. The molecule has 0 aliphatic carbocycles. The van der Waals surface area contributed by atoms with Gasteiger partial charge >= 0.3 is 6.03 Å². The second-order valence-corrected chi connectivity index (χ2v) is 5.53. The Hall–Kier alpha value is -3.62. The maximum absolute atomic E-state index is 13.1. The highest BCUT2D eigenvalue weighted by Gasteiger charge is 2.07. The zero-order chi connectivity index (χ0) is 19.2. The van der Waals surface area contributed by atoms with Gasteiger partial charge < -0.3 is 10.6 Å². The van der Waals surface area contributed by atoms with Crippen molar-refractivity contribution in [1.29, 1.82) is 0 Å².